The number of carbonyl (C=O) groups is 1. The van der Waals surface area contributed by atoms with Gasteiger partial charge in [0.25, 0.3) is 0 Å². The summed E-state index contributed by atoms with van der Waals surface area (Å²) in [6.07, 6.45) is 0.411. The molecule has 1 amide bonds. The van der Waals surface area contributed by atoms with Gasteiger partial charge in [0, 0.05) is 25.8 Å². The van der Waals surface area contributed by atoms with Crippen molar-refractivity contribution in [2.75, 3.05) is 32.4 Å². The van der Waals surface area contributed by atoms with E-state index in [9.17, 15) is 22.0 Å². The fourth-order valence-corrected chi connectivity index (χ4v) is 3.61. The number of nitrogens with two attached hydrogens (primary N) is 1. The first kappa shape index (κ1) is 15.6. The van der Waals surface area contributed by atoms with Gasteiger partial charge < -0.3 is 10.6 Å². The molecule has 0 atom stereocenters. The van der Waals surface area contributed by atoms with Crippen molar-refractivity contribution in [1.29, 1.82) is 0 Å². The molecule has 1 heterocycles. The summed E-state index contributed by atoms with van der Waals surface area (Å²) in [6.45, 7) is 0.0432. The average molecular weight is 319 g/mol. The molecule has 0 radical (unpaired) electrons. The van der Waals surface area contributed by atoms with Gasteiger partial charge in [-0.1, -0.05) is 0 Å². The van der Waals surface area contributed by atoms with Crippen LogP contribution in [0.1, 0.15) is 6.42 Å². The third-order valence-electron chi connectivity index (χ3n) is 3.27. The van der Waals surface area contributed by atoms with Gasteiger partial charge in [-0.2, -0.15) is 4.31 Å². The Hall–Kier alpha value is -1.74. The number of benzene rings is 1. The average Bonchev–Trinajstić information content (AvgIpc) is 2.56. The maximum Gasteiger partial charge on any atom is 0.246 e. The van der Waals surface area contributed by atoms with Crippen molar-refractivity contribution in [2.45, 2.75) is 11.3 Å². The van der Waals surface area contributed by atoms with Crippen molar-refractivity contribution < 1.29 is 22.0 Å². The molecule has 0 spiro atoms. The van der Waals surface area contributed by atoms with Gasteiger partial charge in [-0.25, -0.2) is 17.2 Å². The van der Waals surface area contributed by atoms with E-state index in [0.717, 1.165) is 10.4 Å². The van der Waals surface area contributed by atoms with Crippen LogP contribution in [0.3, 0.4) is 0 Å². The van der Waals surface area contributed by atoms with Crippen molar-refractivity contribution >= 4 is 21.6 Å². The largest absolute Gasteiger partial charge is 0.399 e. The van der Waals surface area contributed by atoms with Gasteiger partial charge in [0.15, 0.2) is 11.6 Å². The maximum absolute atomic E-state index is 13.8. The lowest BCUT2D eigenvalue weighted by molar-refractivity contribution is -0.129. The van der Waals surface area contributed by atoms with Gasteiger partial charge in [0.1, 0.15) is 4.90 Å². The quantitative estimate of drug-likeness (QED) is 0.800. The SMILES string of the molecule is CN1CCCN(S(=O)(=O)c2cc(N)cc(F)c2F)CC1=O. The summed E-state index contributed by atoms with van der Waals surface area (Å²) >= 11 is 0. The Bertz CT molecular complexity index is 679. The maximum atomic E-state index is 13.8. The summed E-state index contributed by atoms with van der Waals surface area (Å²) in [6, 6.07) is 1.56. The molecule has 116 valence electrons. The van der Waals surface area contributed by atoms with Crippen molar-refractivity contribution in [1.82, 2.24) is 9.21 Å². The minimum atomic E-state index is -4.33. The summed E-state index contributed by atoms with van der Waals surface area (Å²) in [5.74, 6) is -3.23. The summed E-state index contributed by atoms with van der Waals surface area (Å²) in [5.41, 5.74) is 5.17. The Morgan fingerprint density at radius 2 is 1.90 bits per heavy atom. The molecule has 21 heavy (non-hydrogen) atoms. The van der Waals surface area contributed by atoms with E-state index in [2.05, 4.69) is 0 Å². The number of likely N-dealkylation sites (N-methyl/N-ethyl adjacent to an activating group) is 1. The van der Waals surface area contributed by atoms with Gasteiger partial charge in [0.2, 0.25) is 15.9 Å². The van der Waals surface area contributed by atoms with Crippen LogP contribution >= 0.6 is 0 Å². The molecular formula is C12H15F2N3O3S. The van der Waals surface area contributed by atoms with Crippen LogP contribution in [0.15, 0.2) is 17.0 Å². The number of hydrogen-bond donors (Lipinski definition) is 1. The lowest BCUT2D eigenvalue weighted by Gasteiger charge is -2.20. The molecular weight excluding hydrogens is 304 g/mol. The van der Waals surface area contributed by atoms with Crippen LogP contribution in [0.2, 0.25) is 0 Å². The minimum Gasteiger partial charge on any atom is -0.399 e. The van der Waals surface area contributed by atoms with E-state index in [0.29, 0.717) is 19.0 Å². The highest BCUT2D eigenvalue weighted by Crippen LogP contribution is 2.25. The Kier molecular flexibility index (Phi) is 4.15. The normalized spacial score (nSPS) is 17.9. The Balaban J connectivity index is 2.45. The molecule has 0 unspecified atom stereocenters. The van der Waals surface area contributed by atoms with Crippen LogP contribution in [0.4, 0.5) is 14.5 Å². The van der Waals surface area contributed by atoms with E-state index in [1.807, 2.05) is 0 Å². The molecule has 1 aliphatic rings. The van der Waals surface area contributed by atoms with E-state index in [-0.39, 0.29) is 12.2 Å². The zero-order chi connectivity index (χ0) is 15.8. The fraction of sp³-hybridized carbons (Fsp3) is 0.417. The van der Waals surface area contributed by atoms with Crippen LogP contribution in [0, 0.1) is 11.6 Å². The molecule has 1 aliphatic heterocycles. The van der Waals surface area contributed by atoms with E-state index in [1.54, 1.807) is 7.05 Å². The second-order valence-electron chi connectivity index (χ2n) is 4.82. The third-order valence-corrected chi connectivity index (χ3v) is 5.12. The van der Waals surface area contributed by atoms with E-state index in [1.165, 1.54) is 4.90 Å². The van der Waals surface area contributed by atoms with Crippen LogP contribution < -0.4 is 5.73 Å². The number of nitrogen functional groups attached to an aromatic ring is 1. The Morgan fingerprint density at radius 3 is 2.57 bits per heavy atom. The molecule has 0 aliphatic carbocycles. The molecule has 1 aromatic carbocycles. The fourth-order valence-electron chi connectivity index (χ4n) is 2.08. The molecule has 1 fully saturated rings. The van der Waals surface area contributed by atoms with Crippen LogP contribution in [-0.4, -0.2) is 50.2 Å². The van der Waals surface area contributed by atoms with Crippen LogP contribution in [0.5, 0.6) is 0 Å². The predicted molar refractivity (Wildman–Crippen MR) is 71.8 cm³/mol. The van der Waals surface area contributed by atoms with E-state index < -0.39 is 39.0 Å². The molecule has 1 aromatic rings. The Labute approximate surface area is 121 Å². The number of hydrogen-bond acceptors (Lipinski definition) is 4. The first-order chi connectivity index (χ1) is 9.73. The zero-order valence-corrected chi connectivity index (χ0v) is 12.2. The molecule has 2 rings (SSSR count). The van der Waals surface area contributed by atoms with Crippen LogP contribution in [-0.2, 0) is 14.8 Å². The molecule has 6 nitrogen and oxygen atoms in total. The number of amides is 1. The van der Waals surface area contributed by atoms with Crippen molar-refractivity contribution in [3.8, 4) is 0 Å². The predicted octanol–water partition coefficient (Wildman–Crippen LogP) is 0.400. The van der Waals surface area contributed by atoms with Crippen LogP contribution in [0.25, 0.3) is 0 Å². The number of carbonyl (C=O) groups excluding carboxylic acids is 1. The second-order valence-corrected chi connectivity index (χ2v) is 6.73. The first-order valence-corrected chi connectivity index (χ1v) is 7.66. The highest BCUT2D eigenvalue weighted by Gasteiger charge is 2.33. The van der Waals surface area contributed by atoms with Gasteiger partial charge in [-0.05, 0) is 18.6 Å². The summed E-state index contributed by atoms with van der Waals surface area (Å²) < 4.78 is 52.8. The molecule has 1 saturated heterocycles. The molecule has 0 saturated carbocycles. The number of halogens is 2. The van der Waals surface area contributed by atoms with Gasteiger partial charge in [-0.15, -0.1) is 0 Å². The summed E-state index contributed by atoms with van der Waals surface area (Å²) in [4.78, 5) is 12.3. The van der Waals surface area contributed by atoms with E-state index in [4.69, 9.17) is 5.73 Å². The molecule has 0 bridgehead atoms. The molecule has 0 aromatic heterocycles. The monoisotopic (exact) mass is 319 g/mol. The Morgan fingerprint density at radius 1 is 1.24 bits per heavy atom. The van der Waals surface area contributed by atoms with Crippen molar-refractivity contribution in [2.24, 2.45) is 0 Å². The summed E-state index contributed by atoms with van der Waals surface area (Å²) in [5, 5.41) is 0. The van der Waals surface area contributed by atoms with Gasteiger partial charge in [-0.3, -0.25) is 4.79 Å². The number of anilines is 1. The van der Waals surface area contributed by atoms with Crippen molar-refractivity contribution in [3.05, 3.63) is 23.8 Å². The smallest absolute Gasteiger partial charge is 0.246 e. The molecule has 9 heteroatoms. The van der Waals surface area contributed by atoms with Gasteiger partial charge in [0.05, 0.1) is 6.54 Å². The number of sulfonamides is 1. The van der Waals surface area contributed by atoms with E-state index >= 15 is 0 Å². The minimum absolute atomic E-state index is 0.0499. The number of nitrogens with zero attached hydrogens (tertiary/aromatic N) is 2. The highest BCUT2D eigenvalue weighted by atomic mass is 32.2. The highest BCUT2D eigenvalue weighted by molar-refractivity contribution is 7.89. The third kappa shape index (κ3) is 2.98. The summed E-state index contributed by atoms with van der Waals surface area (Å²) in [7, 11) is -2.77. The number of rotatable bonds is 2. The van der Waals surface area contributed by atoms with Gasteiger partial charge >= 0.3 is 0 Å². The second kappa shape index (κ2) is 5.57. The topological polar surface area (TPSA) is 83.7 Å². The molecule has 2 N–H and O–H groups in total. The zero-order valence-electron chi connectivity index (χ0n) is 11.3. The lowest BCUT2D eigenvalue weighted by atomic mass is 10.3. The van der Waals surface area contributed by atoms with Crippen molar-refractivity contribution in [3.63, 3.8) is 0 Å². The standard InChI is InChI=1S/C12H15F2N3O3S/c1-16-3-2-4-17(7-11(16)18)21(19,20)10-6-8(15)5-9(13)12(10)14/h5-6H,2-4,7,15H2,1H3. The first-order valence-electron chi connectivity index (χ1n) is 6.22. The lowest BCUT2D eigenvalue weighted by Crippen LogP contribution is -2.38.